The van der Waals surface area contributed by atoms with E-state index in [0.29, 0.717) is 5.92 Å². The highest BCUT2D eigenvalue weighted by atomic mass is 14.9. The molecule has 4 rings (SSSR count). The second-order valence-electron chi connectivity index (χ2n) is 7.77. The van der Waals surface area contributed by atoms with Gasteiger partial charge in [-0.05, 0) is 42.5 Å². The number of hydrogen-bond donors (Lipinski definition) is 0. The zero-order chi connectivity index (χ0) is 16.8. The quantitative estimate of drug-likeness (QED) is 0.650. The van der Waals surface area contributed by atoms with E-state index in [1.54, 1.807) is 0 Å². The number of para-hydroxylation sites is 2. The molecular weight excluding hydrogens is 292 g/mol. The van der Waals surface area contributed by atoms with Crippen molar-refractivity contribution in [1.29, 1.82) is 0 Å². The van der Waals surface area contributed by atoms with Crippen LogP contribution in [0.4, 0.5) is 11.4 Å². The number of benzene rings is 2. The van der Waals surface area contributed by atoms with Gasteiger partial charge in [-0.1, -0.05) is 57.2 Å². The zero-order valence-corrected chi connectivity index (χ0v) is 14.7. The van der Waals surface area contributed by atoms with E-state index >= 15 is 0 Å². The molecule has 2 aromatic rings. The maximum atomic E-state index is 5.07. The fourth-order valence-corrected chi connectivity index (χ4v) is 4.44. The molecule has 122 valence electrons. The van der Waals surface area contributed by atoms with E-state index in [4.69, 9.17) is 9.98 Å². The molecule has 0 aliphatic heterocycles. The summed E-state index contributed by atoms with van der Waals surface area (Å²) in [5, 5.41) is 0. The van der Waals surface area contributed by atoms with Gasteiger partial charge in [0.1, 0.15) is 0 Å². The third-order valence-electron chi connectivity index (χ3n) is 6.32. The predicted molar refractivity (Wildman–Crippen MR) is 102 cm³/mol. The molecule has 2 bridgehead atoms. The highest BCUT2D eigenvalue weighted by Crippen LogP contribution is 2.63. The average molecular weight is 316 g/mol. The molecule has 2 fully saturated rings. The van der Waals surface area contributed by atoms with Crippen molar-refractivity contribution in [3.8, 4) is 0 Å². The first-order valence-corrected chi connectivity index (χ1v) is 8.80. The van der Waals surface area contributed by atoms with E-state index in [1.165, 1.54) is 24.3 Å². The Kier molecular flexibility index (Phi) is 3.45. The molecule has 0 heterocycles. The maximum Gasteiger partial charge on any atom is 0.0693 e. The summed E-state index contributed by atoms with van der Waals surface area (Å²) in [6.45, 7) is 7.15. The lowest BCUT2D eigenvalue weighted by atomic mass is 9.70. The number of rotatable bonds is 2. The van der Waals surface area contributed by atoms with Crippen LogP contribution < -0.4 is 0 Å². The maximum absolute atomic E-state index is 5.07. The van der Waals surface area contributed by atoms with E-state index in [0.717, 1.165) is 11.4 Å². The first kappa shape index (κ1) is 15.3. The standard InChI is InChI=1S/C22H24N2/c1-21(2)18-14-15-22(21,3)20(24-17-12-8-5-9-13-17)19(18)23-16-10-6-4-7-11-16/h4-13,18H,14-15H2,1-3H3/t18-,22+/m1/s1. The molecular formula is C22H24N2. The molecule has 2 atom stereocenters. The molecule has 0 amide bonds. The van der Waals surface area contributed by atoms with Crippen LogP contribution in [0.15, 0.2) is 70.6 Å². The third-order valence-corrected chi connectivity index (χ3v) is 6.32. The summed E-state index contributed by atoms with van der Waals surface area (Å²) in [6, 6.07) is 20.6. The molecule has 0 radical (unpaired) electrons. The summed E-state index contributed by atoms with van der Waals surface area (Å²) >= 11 is 0. The Bertz CT molecular complexity index is 802. The Balaban J connectivity index is 1.88. The zero-order valence-electron chi connectivity index (χ0n) is 14.7. The van der Waals surface area contributed by atoms with Gasteiger partial charge in [0.25, 0.3) is 0 Å². The minimum absolute atomic E-state index is 0.0983. The molecule has 2 saturated carbocycles. The monoisotopic (exact) mass is 316 g/mol. The van der Waals surface area contributed by atoms with Crippen LogP contribution in [0.3, 0.4) is 0 Å². The molecule has 2 aliphatic rings. The Labute approximate surface area is 144 Å². The Morgan fingerprint density at radius 2 is 1.33 bits per heavy atom. The Hall–Kier alpha value is -2.22. The molecule has 0 spiro atoms. The van der Waals surface area contributed by atoms with Crippen LogP contribution in [0.5, 0.6) is 0 Å². The predicted octanol–water partition coefficient (Wildman–Crippen LogP) is 5.99. The summed E-state index contributed by atoms with van der Waals surface area (Å²) < 4.78 is 0. The van der Waals surface area contributed by atoms with E-state index in [-0.39, 0.29) is 10.8 Å². The van der Waals surface area contributed by atoms with Crippen molar-refractivity contribution in [3.05, 3.63) is 60.7 Å². The van der Waals surface area contributed by atoms with Crippen LogP contribution in [0.1, 0.15) is 33.6 Å². The smallest absolute Gasteiger partial charge is 0.0693 e. The van der Waals surface area contributed by atoms with Gasteiger partial charge in [-0.25, -0.2) is 0 Å². The fourth-order valence-electron chi connectivity index (χ4n) is 4.44. The van der Waals surface area contributed by atoms with Gasteiger partial charge in [0, 0.05) is 11.3 Å². The molecule has 0 N–H and O–H groups in total. The lowest BCUT2D eigenvalue weighted by molar-refractivity contribution is 0.208. The van der Waals surface area contributed by atoms with Gasteiger partial charge in [-0.2, -0.15) is 0 Å². The molecule has 0 aromatic heterocycles. The molecule has 24 heavy (non-hydrogen) atoms. The van der Waals surface area contributed by atoms with Crippen molar-refractivity contribution in [2.45, 2.75) is 33.6 Å². The number of hydrogen-bond acceptors (Lipinski definition) is 2. The number of aliphatic imine (C=N–C) groups is 2. The van der Waals surface area contributed by atoms with Crippen LogP contribution in [-0.4, -0.2) is 11.4 Å². The highest BCUT2D eigenvalue weighted by molar-refractivity contribution is 6.48. The average Bonchev–Trinajstić information content (AvgIpc) is 2.90. The Morgan fingerprint density at radius 3 is 1.92 bits per heavy atom. The SMILES string of the molecule is CC1(C)[C@@H]2CC[C@@]1(C)C(=Nc1ccccc1)C2=Nc1ccccc1. The second-order valence-corrected chi connectivity index (χ2v) is 7.77. The summed E-state index contributed by atoms with van der Waals surface area (Å²) in [4.78, 5) is 10.1. The topological polar surface area (TPSA) is 24.7 Å². The molecule has 2 heteroatoms. The van der Waals surface area contributed by atoms with Gasteiger partial charge >= 0.3 is 0 Å². The van der Waals surface area contributed by atoms with E-state index in [2.05, 4.69) is 45.0 Å². The summed E-state index contributed by atoms with van der Waals surface area (Å²) in [5.41, 5.74) is 4.75. The van der Waals surface area contributed by atoms with Crippen molar-refractivity contribution in [1.82, 2.24) is 0 Å². The van der Waals surface area contributed by atoms with Crippen LogP contribution in [-0.2, 0) is 0 Å². The van der Waals surface area contributed by atoms with Gasteiger partial charge in [0.05, 0.1) is 22.8 Å². The van der Waals surface area contributed by atoms with Crippen molar-refractivity contribution >= 4 is 22.8 Å². The molecule has 2 aliphatic carbocycles. The summed E-state index contributed by atoms with van der Waals surface area (Å²) in [6.07, 6.45) is 2.41. The van der Waals surface area contributed by atoms with Gasteiger partial charge < -0.3 is 0 Å². The van der Waals surface area contributed by atoms with Gasteiger partial charge in [0.2, 0.25) is 0 Å². The minimum atomic E-state index is 0.0983. The third kappa shape index (κ3) is 2.16. The van der Waals surface area contributed by atoms with Crippen molar-refractivity contribution in [2.75, 3.05) is 0 Å². The van der Waals surface area contributed by atoms with Crippen LogP contribution in [0, 0.1) is 16.7 Å². The van der Waals surface area contributed by atoms with Gasteiger partial charge in [0.15, 0.2) is 0 Å². The van der Waals surface area contributed by atoms with Gasteiger partial charge in [-0.15, -0.1) is 0 Å². The summed E-state index contributed by atoms with van der Waals surface area (Å²) in [7, 11) is 0. The van der Waals surface area contributed by atoms with E-state index in [9.17, 15) is 0 Å². The van der Waals surface area contributed by atoms with E-state index in [1.807, 2.05) is 36.4 Å². The molecule has 0 saturated heterocycles. The first-order chi connectivity index (χ1) is 11.5. The van der Waals surface area contributed by atoms with Crippen molar-refractivity contribution in [2.24, 2.45) is 26.7 Å². The first-order valence-electron chi connectivity index (χ1n) is 8.80. The van der Waals surface area contributed by atoms with Crippen LogP contribution in [0.2, 0.25) is 0 Å². The van der Waals surface area contributed by atoms with E-state index < -0.39 is 0 Å². The molecule has 2 nitrogen and oxygen atoms in total. The van der Waals surface area contributed by atoms with Gasteiger partial charge in [-0.3, -0.25) is 9.98 Å². The number of nitrogens with zero attached hydrogens (tertiary/aromatic N) is 2. The molecule has 0 unspecified atom stereocenters. The lowest BCUT2D eigenvalue weighted by Crippen LogP contribution is -2.33. The minimum Gasteiger partial charge on any atom is -0.251 e. The largest absolute Gasteiger partial charge is 0.251 e. The summed E-state index contributed by atoms with van der Waals surface area (Å²) in [5.74, 6) is 0.491. The fraction of sp³-hybridized carbons (Fsp3) is 0.364. The van der Waals surface area contributed by atoms with Crippen molar-refractivity contribution in [3.63, 3.8) is 0 Å². The van der Waals surface area contributed by atoms with Crippen molar-refractivity contribution < 1.29 is 0 Å². The Morgan fingerprint density at radius 1 is 0.792 bits per heavy atom. The van der Waals surface area contributed by atoms with Crippen LogP contribution >= 0.6 is 0 Å². The molecule has 2 aromatic carbocycles. The lowest BCUT2D eigenvalue weighted by Gasteiger charge is -2.33. The normalized spacial score (nSPS) is 31.0. The second kappa shape index (κ2) is 5.41. The highest BCUT2D eigenvalue weighted by Gasteiger charge is 2.63. The van der Waals surface area contributed by atoms with Crippen LogP contribution in [0.25, 0.3) is 0 Å². The number of fused-ring (bicyclic) bond motifs is 2.